The predicted molar refractivity (Wildman–Crippen MR) is 102 cm³/mol. The highest BCUT2D eigenvalue weighted by Crippen LogP contribution is 2.21. The van der Waals surface area contributed by atoms with Crippen LogP contribution in [-0.4, -0.2) is 36.8 Å². The molecule has 1 fully saturated rings. The van der Waals surface area contributed by atoms with Gasteiger partial charge in [0.2, 0.25) is 15.6 Å². The molecule has 2 aromatic rings. The molecule has 0 atom stereocenters. The Morgan fingerprint density at radius 2 is 1.74 bits per heavy atom. The van der Waals surface area contributed by atoms with Gasteiger partial charge in [0, 0.05) is 37.6 Å². The first-order valence-electron chi connectivity index (χ1n) is 8.78. The van der Waals surface area contributed by atoms with Crippen molar-refractivity contribution in [2.75, 3.05) is 18.4 Å². The largest absolute Gasteiger partial charge is 0.334 e. The van der Waals surface area contributed by atoms with Crippen LogP contribution >= 0.6 is 0 Å². The van der Waals surface area contributed by atoms with Gasteiger partial charge in [-0.25, -0.2) is 13.2 Å². The van der Waals surface area contributed by atoms with E-state index < -0.39 is 16.1 Å². The molecule has 0 unspecified atom stereocenters. The van der Waals surface area contributed by atoms with Gasteiger partial charge >= 0.3 is 6.03 Å². The Kier molecular flexibility index (Phi) is 5.92. The number of urea groups is 1. The number of anilines is 1. The number of sulfonamides is 1. The number of carbonyl (C=O) groups is 1. The fraction of sp³-hybridized carbons (Fsp3) is 0.333. The van der Waals surface area contributed by atoms with Crippen LogP contribution in [0.1, 0.15) is 24.8 Å². The third kappa shape index (κ3) is 4.95. The molecular formula is C18H22N4O4S. The summed E-state index contributed by atoms with van der Waals surface area (Å²) in [7, 11) is -3.48. The molecule has 3 N–H and O–H groups in total. The van der Waals surface area contributed by atoms with E-state index in [1.165, 1.54) is 28.7 Å². The Labute approximate surface area is 157 Å². The molecular weight excluding hydrogens is 368 g/mol. The second-order valence-electron chi connectivity index (χ2n) is 6.36. The van der Waals surface area contributed by atoms with Crippen molar-refractivity contribution in [3.05, 3.63) is 58.5 Å². The molecule has 3 rings (SSSR count). The zero-order valence-electron chi connectivity index (χ0n) is 14.8. The van der Waals surface area contributed by atoms with Crippen molar-refractivity contribution in [3.8, 4) is 0 Å². The number of carbonyl (C=O) groups excluding carboxylic acids is 1. The number of hydrogen-bond acceptors (Lipinski definition) is 4. The smallest absolute Gasteiger partial charge is 0.319 e. The fourth-order valence-corrected chi connectivity index (χ4v) is 4.39. The lowest BCUT2D eigenvalue weighted by atomic mass is 10.2. The number of benzene rings is 1. The number of amides is 2. The molecule has 0 radical (unpaired) electrons. The third-order valence-electron chi connectivity index (χ3n) is 4.37. The summed E-state index contributed by atoms with van der Waals surface area (Å²) in [4.78, 5) is 25.7. The van der Waals surface area contributed by atoms with Crippen LogP contribution in [0.15, 0.2) is 52.3 Å². The van der Waals surface area contributed by atoms with Crippen LogP contribution in [0.2, 0.25) is 0 Å². The van der Waals surface area contributed by atoms with Crippen LogP contribution < -0.4 is 16.2 Å². The first-order chi connectivity index (χ1) is 12.9. The zero-order valence-corrected chi connectivity index (χ0v) is 15.6. The highest BCUT2D eigenvalue weighted by Gasteiger charge is 2.25. The summed E-state index contributed by atoms with van der Waals surface area (Å²) in [5.74, 6) is 0. The van der Waals surface area contributed by atoms with Crippen molar-refractivity contribution in [1.29, 1.82) is 0 Å². The maximum Gasteiger partial charge on any atom is 0.319 e. The third-order valence-corrected chi connectivity index (χ3v) is 6.28. The summed E-state index contributed by atoms with van der Waals surface area (Å²) in [5, 5.41) is 5.32. The quantitative estimate of drug-likeness (QED) is 0.724. The summed E-state index contributed by atoms with van der Waals surface area (Å²) >= 11 is 0. The van der Waals surface area contributed by atoms with E-state index in [4.69, 9.17) is 0 Å². The number of piperidine rings is 1. The normalized spacial score (nSPS) is 15.3. The SMILES string of the molecule is O=C(NCc1ccc(=O)[nH]c1)Nc1ccc(S(=O)(=O)N2CCCCC2)cc1. The first-order valence-corrected chi connectivity index (χ1v) is 10.2. The Bertz CT molecular complexity index is 928. The van der Waals surface area contributed by atoms with Crippen molar-refractivity contribution in [1.82, 2.24) is 14.6 Å². The molecule has 1 aliphatic heterocycles. The monoisotopic (exact) mass is 390 g/mol. The van der Waals surface area contributed by atoms with Crippen molar-refractivity contribution < 1.29 is 13.2 Å². The maximum absolute atomic E-state index is 12.6. The summed E-state index contributed by atoms with van der Waals surface area (Å²) in [6.07, 6.45) is 4.36. The summed E-state index contributed by atoms with van der Waals surface area (Å²) in [6.45, 7) is 1.36. The van der Waals surface area contributed by atoms with Crippen LogP contribution in [0, 0.1) is 0 Å². The Hall–Kier alpha value is -2.65. The average molecular weight is 390 g/mol. The summed E-state index contributed by atoms with van der Waals surface area (Å²) in [6, 6.07) is 8.72. The van der Waals surface area contributed by atoms with Crippen LogP contribution in [0.5, 0.6) is 0 Å². The van der Waals surface area contributed by atoms with Gasteiger partial charge in [-0.15, -0.1) is 0 Å². The lowest BCUT2D eigenvalue weighted by molar-refractivity contribution is 0.251. The molecule has 0 saturated carbocycles. The lowest BCUT2D eigenvalue weighted by Gasteiger charge is -2.25. The van der Waals surface area contributed by atoms with Gasteiger partial charge in [0.25, 0.3) is 0 Å². The highest BCUT2D eigenvalue weighted by atomic mass is 32.2. The van der Waals surface area contributed by atoms with Gasteiger partial charge in [-0.05, 0) is 42.7 Å². The molecule has 1 aromatic heterocycles. The number of nitrogens with zero attached hydrogens (tertiary/aromatic N) is 1. The van der Waals surface area contributed by atoms with E-state index in [9.17, 15) is 18.0 Å². The lowest BCUT2D eigenvalue weighted by Crippen LogP contribution is -2.35. The second-order valence-corrected chi connectivity index (χ2v) is 8.30. The van der Waals surface area contributed by atoms with E-state index in [1.807, 2.05) is 0 Å². The molecule has 8 nitrogen and oxygen atoms in total. The molecule has 1 saturated heterocycles. The molecule has 2 amide bonds. The van der Waals surface area contributed by atoms with Gasteiger partial charge in [0.05, 0.1) is 4.90 Å². The molecule has 1 aliphatic rings. The number of rotatable bonds is 5. The van der Waals surface area contributed by atoms with E-state index in [1.54, 1.807) is 18.2 Å². The second kappa shape index (κ2) is 8.36. The number of aromatic nitrogens is 1. The molecule has 9 heteroatoms. The minimum absolute atomic E-state index is 0.206. The highest BCUT2D eigenvalue weighted by molar-refractivity contribution is 7.89. The molecule has 27 heavy (non-hydrogen) atoms. The molecule has 1 aromatic carbocycles. The Balaban J connectivity index is 1.57. The fourth-order valence-electron chi connectivity index (χ4n) is 2.87. The van der Waals surface area contributed by atoms with Gasteiger partial charge in [-0.2, -0.15) is 4.31 Å². The van der Waals surface area contributed by atoms with Crippen LogP contribution in [0.3, 0.4) is 0 Å². The standard InChI is InChI=1S/C18H22N4O4S/c23-17-9-4-14(12-19-17)13-20-18(24)21-15-5-7-16(8-6-15)27(25,26)22-10-2-1-3-11-22/h4-9,12H,1-3,10-11,13H2,(H,19,23)(H2,20,21,24). The van der Waals surface area contributed by atoms with Crippen molar-refractivity contribution in [2.24, 2.45) is 0 Å². The average Bonchev–Trinajstić information content (AvgIpc) is 2.69. The van der Waals surface area contributed by atoms with Gasteiger partial charge < -0.3 is 15.6 Å². The number of nitrogens with one attached hydrogen (secondary N) is 3. The van der Waals surface area contributed by atoms with Gasteiger partial charge in [-0.1, -0.05) is 12.5 Å². The molecule has 0 bridgehead atoms. The molecule has 0 aliphatic carbocycles. The number of pyridine rings is 1. The minimum Gasteiger partial charge on any atom is -0.334 e. The molecule has 0 spiro atoms. The van der Waals surface area contributed by atoms with Crippen molar-refractivity contribution in [2.45, 2.75) is 30.7 Å². The Morgan fingerprint density at radius 3 is 2.37 bits per heavy atom. The number of aromatic amines is 1. The maximum atomic E-state index is 12.6. The van der Waals surface area contributed by atoms with E-state index in [0.717, 1.165) is 24.8 Å². The number of hydrogen-bond donors (Lipinski definition) is 3. The van der Waals surface area contributed by atoms with Crippen LogP contribution in [-0.2, 0) is 16.6 Å². The van der Waals surface area contributed by atoms with Gasteiger partial charge in [0.15, 0.2) is 0 Å². The summed E-state index contributed by atoms with van der Waals surface area (Å²) < 4.78 is 26.7. The van der Waals surface area contributed by atoms with Crippen molar-refractivity contribution in [3.63, 3.8) is 0 Å². The van der Waals surface area contributed by atoms with Crippen molar-refractivity contribution >= 4 is 21.7 Å². The number of H-pyrrole nitrogens is 1. The van der Waals surface area contributed by atoms with Gasteiger partial charge in [-0.3, -0.25) is 4.79 Å². The van der Waals surface area contributed by atoms with E-state index >= 15 is 0 Å². The van der Waals surface area contributed by atoms with Crippen LogP contribution in [0.4, 0.5) is 10.5 Å². The summed E-state index contributed by atoms with van der Waals surface area (Å²) in [5.41, 5.74) is 1.04. The minimum atomic E-state index is -3.48. The zero-order chi connectivity index (χ0) is 19.3. The van der Waals surface area contributed by atoms with E-state index in [2.05, 4.69) is 15.6 Å². The topological polar surface area (TPSA) is 111 Å². The molecule has 144 valence electrons. The molecule has 2 heterocycles. The Morgan fingerprint density at radius 1 is 1.04 bits per heavy atom. The first kappa shape index (κ1) is 19.1. The van der Waals surface area contributed by atoms with Gasteiger partial charge in [0.1, 0.15) is 0 Å². The van der Waals surface area contributed by atoms with E-state index in [-0.39, 0.29) is 17.0 Å². The predicted octanol–water partition coefficient (Wildman–Crippen LogP) is 1.87. The van der Waals surface area contributed by atoms with E-state index in [0.29, 0.717) is 18.8 Å². The van der Waals surface area contributed by atoms with Crippen LogP contribution in [0.25, 0.3) is 0 Å².